The number of hydrogen-bond donors (Lipinski definition) is 1. The van der Waals surface area contributed by atoms with E-state index in [-0.39, 0.29) is 5.56 Å². The second kappa shape index (κ2) is 6.51. The lowest BCUT2D eigenvalue weighted by atomic mass is 10.2. The van der Waals surface area contributed by atoms with Crippen molar-refractivity contribution in [3.63, 3.8) is 0 Å². The van der Waals surface area contributed by atoms with E-state index in [9.17, 15) is 9.90 Å². The molecular formula is C16H18N4O3. The number of methoxy groups -OCH3 is 1. The first kappa shape index (κ1) is 15.1. The fraction of sp³-hybridized carbons (Fsp3) is 0.312. The first-order chi connectivity index (χ1) is 11.2. The zero-order valence-electron chi connectivity index (χ0n) is 12.8. The molecule has 0 saturated carbocycles. The molecular weight excluding hydrogens is 296 g/mol. The summed E-state index contributed by atoms with van der Waals surface area (Å²) in [5, 5.41) is 9.25. The van der Waals surface area contributed by atoms with Crippen molar-refractivity contribution in [2.75, 3.05) is 43.1 Å². The minimum atomic E-state index is -1.00. The lowest BCUT2D eigenvalue weighted by Gasteiger charge is -2.37. The minimum absolute atomic E-state index is 0.141. The normalized spacial score (nSPS) is 14.7. The van der Waals surface area contributed by atoms with Gasteiger partial charge in [0.15, 0.2) is 0 Å². The molecule has 1 aliphatic rings. The quantitative estimate of drug-likeness (QED) is 0.916. The number of nitrogens with zero attached hydrogens (tertiary/aromatic N) is 4. The average molecular weight is 314 g/mol. The lowest BCUT2D eigenvalue weighted by Crippen LogP contribution is -2.47. The van der Waals surface area contributed by atoms with Gasteiger partial charge in [-0.15, -0.1) is 0 Å². The van der Waals surface area contributed by atoms with Gasteiger partial charge in [0.25, 0.3) is 0 Å². The number of ether oxygens (including phenoxy) is 1. The molecule has 0 bridgehead atoms. The molecule has 1 fully saturated rings. The van der Waals surface area contributed by atoms with E-state index >= 15 is 0 Å². The van der Waals surface area contributed by atoms with Crippen molar-refractivity contribution >= 4 is 17.5 Å². The molecule has 1 N–H and O–H groups in total. The Kier molecular flexibility index (Phi) is 4.27. The van der Waals surface area contributed by atoms with Crippen LogP contribution in [0.3, 0.4) is 0 Å². The summed E-state index contributed by atoms with van der Waals surface area (Å²) >= 11 is 0. The number of hydrogen-bond acceptors (Lipinski definition) is 6. The fourth-order valence-electron chi connectivity index (χ4n) is 2.71. The highest BCUT2D eigenvalue weighted by atomic mass is 16.5. The predicted molar refractivity (Wildman–Crippen MR) is 86.4 cm³/mol. The van der Waals surface area contributed by atoms with Crippen LogP contribution in [0.5, 0.6) is 5.75 Å². The van der Waals surface area contributed by atoms with Gasteiger partial charge >= 0.3 is 5.97 Å². The molecule has 23 heavy (non-hydrogen) atoms. The van der Waals surface area contributed by atoms with Crippen molar-refractivity contribution in [3.8, 4) is 5.75 Å². The molecule has 0 aliphatic carbocycles. The number of anilines is 2. The number of carbonyl (C=O) groups is 1. The molecule has 1 aliphatic heterocycles. The van der Waals surface area contributed by atoms with E-state index < -0.39 is 5.97 Å². The van der Waals surface area contributed by atoms with E-state index in [2.05, 4.69) is 14.9 Å². The van der Waals surface area contributed by atoms with Gasteiger partial charge in [0.2, 0.25) is 0 Å². The fourth-order valence-corrected chi connectivity index (χ4v) is 2.71. The Balaban J connectivity index is 1.72. The Labute approximate surface area is 134 Å². The maximum Gasteiger partial charge on any atom is 0.341 e. The molecule has 7 nitrogen and oxygen atoms in total. The zero-order valence-corrected chi connectivity index (χ0v) is 12.8. The van der Waals surface area contributed by atoms with Crippen LogP contribution in [0.2, 0.25) is 0 Å². The smallest absolute Gasteiger partial charge is 0.341 e. The monoisotopic (exact) mass is 314 g/mol. The molecule has 2 aromatic rings. The van der Waals surface area contributed by atoms with Crippen molar-refractivity contribution in [3.05, 3.63) is 42.4 Å². The van der Waals surface area contributed by atoms with Gasteiger partial charge in [-0.05, 0) is 12.1 Å². The van der Waals surface area contributed by atoms with Gasteiger partial charge in [0.05, 0.1) is 7.11 Å². The van der Waals surface area contributed by atoms with Crippen LogP contribution < -0.4 is 14.5 Å². The van der Waals surface area contributed by atoms with Crippen LogP contribution in [0.15, 0.2) is 36.8 Å². The molecule has 0 unspecified atom stereocenters. The third kappa shape index (κ3) is 3.18. The largest absolute Gasteiger partial charge is 0.497 e. The van der Waals surface area contributed by atoms with Gasteiger partial charge in [-0.25, -0.2) is 14.8 Å². The van der Waals surface area contributed by atoms with Crippen LogP contribution in [-0.4, -0.2) is 54.3 Å². The van der Waals surface area contributed by atoms with Gasteiger partial charge < -0.3 is 19.6 Å². The standard InChI is InChI=1S/C16H18N4O3/c1-23-13-4-2-3-12(9-13)19-5-7-20(8-6-19)15-14(16(21)22)10-17-11-18-15/h2-4,9-11H,5-8H2,1H3,(H,21,22). The highest BCUT2D eigenvalue weighted by molar-refractivity contribution is 5.92. The molecule has 1 saturated heterocycles. The predicted octanol–water partition coefficient (Wildman–Crippen LogP) is 1.51. The number of carboxylic acid groups (broad SMARTS) is 1. The van der Waals surface area contributed by atoms with E-state index in [0.29, 0.717) is 18.9 Å². The Morgan fingerprint density at radius 3 is 2.65 bits per heavy atom. The van der Waals surface area contributed by atoms with Crippen LogP contribution in [0.4, 0.5) is 11.5 Å². The molecule has 1 aromatic heterocycles. The lowest BCUT2D eigenvalue weighted by molar-refractivity contribution is 0.0696. The third-order valence-electron chi connectivity index (χ3n) is 3.92. The van der Waals surface area contributed by atoms with Crippen molar-refractivity contribution in [2.24, 2.45) is 0 Å². The summed E-state index contributed by atoms with van der Waals surface area (Å²) < 4.78 is 5.26. The number of aromatic nitrogens is 2. The molecule has 1 aromatic carbocycles. The van der Waals surface area contributed by atoms with Crippen molar-refractivity contribution in [2.45, 2.75) is 0 Å². The number of carboxylic acids is 1. The first-order valence-electron chi connectivity index (χ1n) is 7.36. The van der Waals surface area contributed by atoms with E-state index in [4.69, 9.17) is 4.74 Å². The first-order valence-corrected chi connectivity index (χ1v) is 7.36. The molecule has 0 amide bonds. The van der Waals surface area contributed by atoms with E-state index in [1.807, 2.05) is 29.2 Å². The summed E-state index contributed by atoms with van der Waals surface area (Å²) in [6.45, 7) is 2.98. The average Bonchev–Trinajstić information content (AvgIpc) is 2.62. The van der Waals surface area contributed by atoms with Crippen LogP contribution in [-0.2, 0) is 0 Å². The van der Waals surface area contributed by atoms with Gasteiger partial charge in [-0.2, -0.15) is 0 Å². The third-order valence-corrected chi connectivity index (χ3v) is 3.92. The number of benzene rings is 1. The highest BCUT2D eigenvalue weighted by Gasteiger charge is 2.23. The van der Waals surface area contributed by atoms with Gasteiger partial charge in [-0.3, -0.25) is 0 Å². The molecule has 3 rings (SSSR count). The second-order valence-electron chi connectivity index (χ2n) is 5.24. The molecule has 0 atom stereocenters. The molecule has 2 heterocycles. The van der Waals surface area contributed by atoms with Gasteiger partial charge in [0, 0.05) is 44.1 Å². The summed E-state index contributed by atoms with van der Waals surface area (Å²) in [6.07, 6.45) is 2.73. The van der Waals surface area contributed by atoms with Gasteiger partial charge in [0.1, 0.15) is 23.5 Å². The minimum Gasteiger partial charge on any atom is -0.497 e. The Morgan fingerprint density at radius 2 is 1.96 bits per heavy atom. The van der Waals surface area contributed by atoms with Crippen molar-refractivity contribution < 1.29 is 14.6 Å². The maximum atomic E-state index is 11.3. The van der Waals surface area contributed by atoms with Crippen LogP contribution in [0.25, 0.3) is 0 Å². The van der Waals surface area contributed by atoms with E-state index in [1.54, 1.807) is 7.11 Å². The number of rotatable bonds is 4. The number of piperazine rings is 1. The summed E-state index contributed by atoms with van der Waals surface area (Å²) in [6, 6.07) is 7.93. The van der Waals surface area contributed by atoms with Crippen molar-refractivity contribution in [1.29, 1.82) is 0 Å². The van der Waals surface area contributed by atoms with Gasteiger partial charge in [-0.1, -0.05) is 6.07 Å². The topological polar surface area (TPSA) is 78.8 Å². The summed E-state index contributed by atoms with van der Waals surface area (Å²) in [5.41, 5.74) is 1.24. The maximum absolute atomic E-state index is 11.3. The van der Waals surface area contributed by atoms with Crippen molar-refractivity contribution in [1.82, 2.24) is 9.97 Å². The second-order valence-corrected chi connectivity index (χ2v) is 5.24. The van der Waals surface area contributed by atoms with Crippen LogP contribution in [0, 0.1) is 0 Å². The zero-order chi connectivity index (χ0) is 16.2. The summed E-state index contributed by atoms with van der Waals surface area (Å²) in [7, 11) is 1.65. The van der Waals surface area contributed by atoms with E-state index in [1.165, 1.54) is 12.5 Å². The molecule has 0 radical (unpaired) electrons. The molecule has 7 heteroatoms. The number of aromatic carboxylic acids is 1. The van der Waals surface area contributed by atoms with Crippen LogP contribution in [0.1, 0.15) is 10.4 Å². The SMILES string of the molecule is COc1cccc(N2CCN(c3ncncc3C(=O)O)CC2)c1. The van der Waals surface area contributed by atoms with E-state index in [0.717, 1.165) is 24.5 Å². The Morgan fingerprint density at radius 1 is 1.22 bits per heavy atom. The highest BCUT2D eigenvalue weighted by Crippen LogP contribution is 2.24. The molecule has 120 valence electrons. The Hall–Kier alpha value is -2.83. The Bertz CT molecular complexity index is 699. The summed E-state index contributed by atoms with van der Waals surface area (Å²) in [5.74, 6) is 0.308. The van der Waals surface area contributed by atoms with Crippen LogP contribution >= 0.6 is 0 Å². The molecule has 0 spiro atoms. The summed E-state index contributed by atoms with van der Waals surface area (Å²) in [4.78, 5) is 23.5.